The van der Waals surface area contributed by atoms with Crippen LogP contribution in [0.5, 0.6) is 11.5 Å². The van der Waals surface area contributed by atoms with Crippen LogP contribution in [0.4, 0.5) is 0 Å². The fraction of sp³-hybridized carbons (Fsp3) is 0.160. The average molecular weight is 418 g/mol. The van der Waals surface area contributed by atoms with Gasteiger partial charge < -0.3 is 24.1 Å². The number of rotatable bonds is 7. The lowest BCUT2D eigenvalue weighted by Gasteiger charge is -2.13. The van der Waals surface area contributed by atoms with Crippen molar-refractivity contribution in [1.29, 1.82) is 0 Å². The van der Waals surface area contributed by atoms with E-state index in [0.717, 1.165) is 5.56 Å². The van der Waals surface area contributed by atoms with Crippen LogP contribution >= 0.6 is 0 Å². The van der Waals surface area contributed by atoms with Crippen molar-refractivity contribution in [2.45, 2.75) is 19.8 Å². The molecule has 0 amide bonds. The molecule has 6 heteroatoms. The monoisotopic (exact) mass is 418 g/mol. The topological polar surface area (TPSA) is 89.1 Å². The number of methoxy groups -OCH3 is 1. The minimum absolute atomic E-state index is 0.212. The van der Waals surface area contributed by atoms with E-state index in [2.05, 4.69) is 0 Å². The summed E-state index contributed by atoms with van der Waals surface area (Å²) < 4.78 is 17.0. The van der Waals surface area contributed by atoms with Gasteiger partial charge in [-0.2, -0.15) is 0 Å². The van der Waals surface area contributed by atoms with Gasteiger partial charge in [-0.1, -0.05) is 42.5 Å². The Morgan fingerprint density at radius 2 is 1.71 bits per heavy atom. The molecule has 0 atom stereocenters. The van der Waals surface area contributed by atoms with E-state index in [-0.39, 0.29) is 18.6 Å². The molecule has 0 radical (unpaired) electrons. The summed E-state index contributed by atoms with van der Waals surface area (Å²) in [6, 6.07) is 18.2. The second kappa shape index (κ2) is 9.04. The first-order chi connectivity index (χ1) is 15.1. The van der Waals surface area contributed by atoms with Crippen molar-refractivity contribution in [2.24, 2.45) is 0 Å². The first-order valence-electron chi connectivity index (χ1n) is 9.78. The van der Waals surface area contributed by atoms with E-state index < -0.39 is 0 Å². The largest absolute Gasteiger partial charge is 0.493 e. The highest BCUT2D eigenvalue weighted by molar-refractivity contribution is 5.85. The summed E-state index contributed by atoms with van der Waals surface area (Å²) in [5, 5.41) is 19.4. The van der Waals surface area contributed by atoms with Crippen molar-refractivity contribution in [3.8, 4) is 22.6 Å². The normalized spacial score (nSPS) is 10.9. The Morgan fingerprint density at radius 1 is 0.903 bits per heavy atom. The van der Waals surface area contributed by atoms with Gasteiger partial charge in [-0.15, -0.1) is 0 Å². The molecular weight excluding hydrogens is 396 g/mol. The molecule has 2 N–H and O–H groups in total. The van der Waals surface area contributed by atoms with Crippen molar-refractivity contribution < 1.29 is 24.1 Å². The van der Waals surface area contributed by atoms with Gasteiger partial charge in [0.2, 0.25) is 5.43 Å². The Kier molecular flexibility index (Phi) is 6.02. The number of hydrogen-bond donors (Lipinski definition) is 2. The van der Waals surface area contributed by atoms with Crippen LogP contribution in [-0.2, 0) is 19.8 Å². The summed E-state index contributed by atoms with van der Waals surface area (Å²) in [6.45, 7) is -0.161. The molecule has 4 aromatic rings. The van der Waals surface area contributed by atoms with Crippen LogP contribution in [-0.4, -0.2) is 17.3 Å². The Labute approximate surface area is 178 Å². The molecule has 0 bridgehead atoms. The third kappa shape index (κ3) is 4.17. The average Bonchev–Trinajstić information content (AvgIpc) is 2.82. The van der Waals surface area contributed by atoms with E-state index in [1.165, 1.54) is 13.4 Å². The van der Waals surface area contributed by atoms with Crippen LogP contribution in [0.15, 0.2) is 76.1 Å². The SMILES string of the molecule is COc1cc(-c2coc3cc(CO)cc(CO)c3c2=O)ccc1OCc1ccccc1. The van der Waals surface area contributed by atoms with Gasteiger partial charge in [0.15, 0.2) is 11.5 Å². The fourth-order valence-corrected chi connectivity index (χ4v) is 3.50. The third-order valence-corrected chi connectivity index (χ3v) is 5.08. The lowest BCUT2D eigenvalue weighted by atomic mass is 10.0. The molecule has 1 heterocycles. The van der Waals surface area contributed by atoms with E-state index in [0.29, 0.717) is 51.3 Å². The van der Waals surface area contributed by atoms with Gasteiger partial charge in [-0.3, -0.25) is 4.79 Å². The highest BCUT2D eigenvalue weighted by Gasteiger charge is 2.16. The van der Waals surface area contributed by atoms with E-state index in [4.69, 9.17) is 13.9 Å². The van der Waals surface area contributed by atoms with Gasteiger partial charge >= 0.3 is 0 Å². The predicted octanol–water partition coefficient (Wildman–Crippen LogP) is 4.03. The number of aliphatic hydroxyl groups excluding tert-OH is 2. The molecule has 3 aromatic carbocycles. The van der Waals surface area contributed by atoms with Crippen LogP contribution in [0.25, 0.3) is 22.1 Å². The van der Waals surface area contributed by atoms with Crippen molar-refractivity contribution in [3.05, 3.63) is 93.8 Å². The fourth-order valence-electron chi connectivity index (χ4n) is 3.50. The van der Waals surface area contributed by atoms with Crippen molar-refractivity contribution in [3.63, 3.8) is 0 Å². The standard InChI is InChI=1S/C25H22O6/c1-29-22-11-18(7-8-21(22)30-14-16-5-3-2-4-6-16)20-15-31-23-10-17(12-26)9-19(13-27)24(23)25(20)28/h2-11,15,26-27H,12-14H2,1H3. The molecule has 0 aliphatic rings. The number of ether oxygens (including phenoxy) is 2. The Morgan fingerprint density at radius 3 is 2.42 bits per heavy atom. The first-order valence-corrected chi connectivity index (χ1v) is 9.78. The van der Waals surface area contributed by atoms with Crippen LogP contribution in [0.3, 0.4) is 0 Å². The molecule has 31 heavy (non-hydrogen) atoms. The number of benzene rings is 3. The maximum Gasteiger partial charge on any atom is 0.200 e. The van der Waals surface area contributed by atoms with Crippen LogP contribution in [0.2, 0.25) is 0 Å². The Balaban J connectivity index is 1.72. The summed E-state index contributed by atoms with van der Waals surface area (Å²) in [5.41, 5.74) is 3.00. The molecule has 1 aromatic heterocycles. The molecule has 6 nitrogen and oxygen atoms in total. The molecule has 0 aliphatic carbocycles. The minimum Gasteiger partial charge on any atom is -0.493 e. The molecule has 4 rings (SSSR count). The van der Waals surface area contributed by atoms with Crippen LogP contribution < -0.4 is 14.9 Å². The maximum absolute atomic E-state index is 13.2. The maximum atomic E-state index is 13.2. The lowest BCUT2D eigenvalue weighted by Crippen LogP contribution is -2.08. The molecule has 0 saturated carbocycles. The summed E-state index contributed by atoms with van der Waals surface area (Å²) in [6.07, 6.45) is 1.38. The van der Waals surface area contributed by atoms with Crippen molar-refractivity contribution in [2.75, 3.05) is 7.11 Å². The van der Waals surface area contributed by atoms with E-state index in [1.807, 2.05) is 30.3 Å². The highest BCUT2D eigenvalue weighted by atomic mass is 16.5. The zero-order valence-corrected chi connectivity index (χ0v) is 17.0. The van der Waals surface area contributed by atoms with Crippen LogP contribution in [0.1, 0.15) is 16.7 Å². The quantitative estimate of drug-likeness (QED) is 0.471. The van der Waals surface area contributed by atoms with E-state index in [1.54, 1.807) is 30.3 Å². The molecule has 0 aliphatic heterocycles. The van der Waals surface area contributed by atoms with E-state index in [9.17, 15) is 15.0 Å². The first kappa shape index (κ1) is 20.7. The molecule has 0 unspecified atom stereocenters. The zero-order chi connectivity index (χ0) is 21.8. The molecule has 0 saturated heterocycles. The molecular formula is C25H22O6. The van der Waals surface area contributed by atoms with E-state index >= 15 is 0 Å². The number of hydrogen-bond acceptors (Lipinski definition) is 6. The highest BCUT2D eigenvalue weighted by Crippen LogP contribution is 2.33. The van der Waals surface area contributed by atoms with Crippen molar-refractivity contribution in [1.82, 2.24) is 0 Å². The summed E-state index contributed by atoms with van der Waals surface area (Å²) >= 11 is 0. The van der Waals surface area contributed by atoms with Gasteiger partial charge in [-0.05, 0) is 40.5 Å². The number of fused-ring (bicyclic) bond motifs is 1. The lowest BCUT2D eigenvalue weighted by molar-refractivity contribution is 0.276. The zero-order valence-electron chi connectivity index (χ0n) is 17.0. The predicted molar refractivity (Wildman–Crippen MR) is 117 cm³/mol. The van der Waals surface area contributed by atoms with Gasteiger partial charge in [0, 0.05) is 0 Å². The summed E-state index contributed by atoms with van der Waals surface area (Å²) in [4.78, 5) is 13.2. The summed E-state index contributed by atoms with van der Waals surface area (Å²) in [7, 11) is 1.54. The molecule has 0 fully saturated rings. The second-order valence-corrected chi connectivity index (χ2v) is 7.06. The van der Waals surface area contributed by atoms with Gasteiger partial charge in [0.05, 0.1) is 31.3 Å². The molecule has 0 spiro atoms. The summed E-state index contributed by atoms with van der Waals surface area (Å²) in [5.74, 6) is 1.05. The van der Waals surface area contributed by atoms with Crippen LogP contribution in [0, 0.1) is 0 Å². The van der Waals surface area contributed by atoms with Crippen molar-refractivity contribution >= 4 is 11.0 Å². The Hall–Kier alpha value is -3.61. The van der Waals surface area contributed by atoms with Gasteiger partial charge in [-0.25, -0.2) is 0 Å². The van der Waals surface area contributed by atoms with Gasteiger partial charge in [0.1, 0.15) is 18.5 Å². The van der Waals surface area contributed by atoms with Gasteiger partial charge in [0.25, 0.3) is 0 Å². The smallest absolute Gasteiger partial charge is 0.200 e. The molecule has 158 valence electrons. The Bertz CT molecular complexity index is 1260. The minimum atomic E-state index is -0.339. The third-order valence-electron chi connectivity index (χ3n) is 5.08. The second-order valence-electron chi connectivity index (χ2n) is 7.06. The number of aliphatic hydroxyl groups is 2.